The molecule has 0 saturated carbocycles. The lowest BCUT2D eigenvalue weighted by molar-refractivity contribution is 0.512. The lowest BCUT2D eigenvalue weighted by Crippen LogP contribution is -2.13. The first-order valence-corrected chi connectivity index (χ1v) is 7.62. The van der Waals surface area contributed by atoms with E-state index >= 15 is 0 Å². The van der Waals surface area contributed by atoms with Gasteiger partial charge in [-0.3, -0.25) is 0 Å². The highest BCUT2D eigenvalue weighted by molar-refractivity contribution is 7.11. The van der Waals surface area contributed by atoms with Gasteiger partial charge in [-0.2, -0.15) is 0 Å². The van der Waals surface area contributed by atoms with E-state index < -0.39 is 0 Å². The Morgan fingerprint density at radius 3 is 2.65 bits per heavy atom. The minimum atomic E-state index is 0.864. The lowest BCUT2D eigenvalue weighted by Gasteiger charge is -2.05. The van der Waals surface area contributed by atoms with E-state index in [1.54, 1.807) is 11.3 Å². The number of aryl methyl sites for hydroxylation is 1. The van der Waals surface area contributed by atoms with E-state index in [1.165, 1.54) is 37.0 Å². The van der Waals surface area contributed by atoms with Crippen molar-refractivity contribution in [3.63, 3.8) is 0 Å². The molecule has 0 aromatic carbocycles. The highest BCUT2D eigenvalue weighted by atomic mass is 32.1. The maximum atomic E-state index is 4.25. The third-order valence-electron chi connectivity index (χ3n) is 2.85. The molecule has 1 rings (SSSR count). The summed E-state index contributed by atoms with van der Waals surface area (Å²) in [5.74, 6) is 0.864. The summed E-state index contributed by atoms with van der Waals surface area (Å²) in [7, 11) is 0. The quantitative estimate of drug-likeness (QED) is 0.670. The van der Waals surface area contributed by atoms with Crippen LogP contribution in [0.1, 0.15) is 55.8 Å². The van der Waals surface area contributed by atoms with Crippen molar-refractivity contribution >= 4 is 11.3 Å². The predicted octanol–water partition coefficient (Wildman–Crippen LogP) is 4.15. The topological polar surface area (TPSA) is 24.9 Å². The summed E-state index contributed by atoms with van der Waals surface area (Å²) in [6.07, 6.45) is 8.81. The number of thiazole rings is 1. The number of nitrogens with one attached hydrogen (secondary N) is 1. The molecule has 0 aliphatic carbocycles. The standard InChI is InChI=1S/C14H26N2S/c1-12(2)8-6-4-5-7-9-15-10-14-11-16-13(3)17-14/h11-12,15H,4-10H2,1-3H3. The van der Waals surface area contributed by atoms with Crippen LogP contribution in [0, 0.1) is 12.8 Å². The third-order valence-corrected chi connectivity index (χ3v) is 3.77. The van der Waals surface area contributed by atoms with Crippen molar-refractivity contribution in [1.29, 1.82) is 0 Å². The molecule has 0 radical (unpaired) electrons. The van der Waals surface area contributed by atoms with Crippen LogP contribution in [-0.4, -0.2) is 11.5 Å². The van der Waals surface area contributed by atoms with E-state index in [0.717, 1.165) is 24.0 Å². The molecule has 1 aromatic rings. The number of hydrogen-bond donors (Lipinski definition) is 1. The molecule has 0 saturated heterocycles. The number of rotatable bonds is 9. The molecular weight excluding hydrogens is 228 g/mol. The molecule has 1 N–H and O–H groups in total. The van der Waals surface area contributed by atoms with Gasteiger partial charge in [-0.1, -0.05) is 39.5 Å². The second kappa shape index (κ2) is 8.65. The first kappa shape index (κ1) is 14.7. The largest absolute Gasteiger partial charge is 0.312 e. The number of aromatic nitrogens is 1. The van der Waals surface area contributed by atoms with E-state index in [9.17, 15) is 0 Å². The van der Waals surface area contributed by atoms with Crippen molar-refractivity contribution in [3.05, 3.63) is 16.1 Å². The second-order valence-electron chi connectivity index (χ2n) is 5.12. The summed E-state index contributed by atoms with van der Waals surface area (Å²) in [6, 6.07) is 0. The average molecular weight is 254 g/mol. The van der Waals surface area contributed by atoms with Crippen molar-refractivity contribution in [2.45, 2.75) is 59.4 Å². The Kier molecular flexibility index (Phi) is 7.45. The average Bonchev–Trinajstić information content (AvgIpc) is 2.68. The van der Waals surface area contributed by atoms with Crippen LogP contribution in [0.25, 0.3) is 0 Å². The predicted molar refractivity (Wildman–Crippen MR) is 76.5 cm³/mol. The molecule has 0 bridgehead atoms. The summed E-state index contributed by atoms with van der Waals surface area (Å²) in [4.78, 5) is 5.60. The zero-order valence-electron chi connectivity index (χ0n) is 11.5. The first-order valence-electron chi connectivity index (χ1n) is 6.80. The molecule has 0 amide bonds. The van der Waals surface area contributed by atoms with Crippen molar-refractivity contribution in [3.8, 4) is 0 Å². The van der Waals surface area contributed by atoms with E-state index in [1.807, 2.05) is 6.20 Å². The van der Waals surface area contributed by atoms with Crippen LogP contribution in [0.4, 0.5) is 0 Å². The van der Waals surface area contributed by atoms with E-state index in [2.05, 4.69) is 31.1 Å². The third kappa shape index (κ3) is 7.50. The smallest absolute Gasteiger partial charge is 0.0897 e. The van der Waals surface area contributed by atoms with Gasteiger partial charge in [0.2, 0.25) is 0 Å². The van der Waals surface area contributed by atoms with Gasteiger partial charge < -0.3 is 5.32 Å². The molecule has 1 heterocycles. The Labute approximate surface area is 110 Å². The summed E-state index contributed by atoms with van der Waals surface area (Å²) in [5.41, 5.74) is 0. The molecule has 98 valence electrons. The van der Waals surface area contributed by atoms with Crippen molar-refractivity contribution in [1.82, 2.24) is 10.3 Å². The minimum absolute atomic E-state index is 0.864. The SMILES string of the molecule is Cc1ncc(CNCCCCCCC(C)C)s1. The van der Waals surface area contributed by atoms with Gasteiger partial charge in [-0.25, -0.2) is 4.98 Å². The van der Waals surface area contributed by atoms with Crippen LogP contribution < -0.4 is 5.32 Å². The van der Waals surface area contributed by atoms with Crippen LogP contribution in [0.3, 0.4) is 0 Å². The minimum Gasteiger partial charge on any atom is -0.312 e. The Morgan fingerprint density at radius 2 is 2.00 bits per heavy atom. The second-order valence-corrected chi connectivity index (χ2v) is 6.44. The van der Waals surface area contributed by atoms with Crippen LogP contribution in [0.15, 0.2) is 6.20 Å². The molecule has 0 atom stereocenters. The summed E-state index contributed by atoms with van der Waals surface area (Å²) in [5, 5.41) is 4.65. The van der Waals surface area contributed by atoms with Gasteiger partial charge in [0.05, 0.1) is 5.01 Å². The van der Waals surface area contributed by atoms with Crippen molar-refractivity contribution < 1.29 is 0 Å². The van der Waals surface area contributed by atoms with Crippen molar-refractivity contribution in [2.24, 2.45) is 5.92 Å². The molecule has 0 unspecified atom stereocenters. The first-order chi connectivity index (χ1) is 8.18. The van der Waals surface area contributed by atoms with Gasteiger partial charge in [0, 0.05) is 17.6 Å². The molecule has 0 fully saturated rings. The monoisotopic (exact) mass is 254 g/mol. The molecule has 17 heavy (non-hydrogen) atoms. The van der Waals surface area contributed by atoms with Crippen LogP contribution in [0.2, 0.25) is 0 Å². The molecule has 3 heteroatoms. The maximum absolute atomic E-state index is 4.25. The van der Waals surface area contributed by atoms with Gasteiger partial charge in [0.1, 0.15) is 0 Å². The fourth-order valence-electron chi connectivity index (χ4n) is 1.85. The number of nitrogens with zero attached hydrogens (tertiary/aromatic N) is 1. The molecule has 1 aromatic heterocycles. The molecule has 0 aliphatic heterocycles. The molecule has 0 aliphatic rings. The molecule has 2 nitrogen and oxygen atoms in total. The molecule has 0 spiro atoms. The van der Waals surface area contributed by atoms with Gasteiger partial charge in [0.25, 0.3) is 0 Å². The van der Waals surface area contributed by atoms with E-state index in [-0.39, 0.29) is 0 Å². The number of hydrogen-bond acceptors (Lipinski definition) is 3. The van der Waals surface area contributed by atoms with Gasteiger partial charge >= 0.3 is 0 Å². The maximum Gasteiger partial charge on any atom is 0.0897 e. The zero-order valence-corrected chi connectivity index (χ0v) is 12.3. The van der Waals surface area contributed by atoms with Gasteiger partial charge in [0.15, 0.2) is 0 Å². The normalized spacial score (nSPS) is 11.3. The highest BCUT2D eigenvalue weighted by Crippen LogP contribution is 2.11. The Bertz CT molecular complexity index is 294. The lowest BCUT2D eigenvalue weighted by atomic mass is 10.0. The van der Waals surface area contributed by atoms with Gasteiger partial charge in [-0.15, -0.1) is 11.3 Å². The Hall–Kier alpha value is -0.410. The Morgan fingerprint density at radius 1 is 1.24 bits per heavy atom. The van der Waals surface area contributed by atoms with E-state index in [0.29, 0.717) is 0 Å². The van der Waals surface area contributed by atoms with Gasteiger partial charge in [-0.05, 0) is 25.8 Å². The summed E-state index contributed by atoms with van der Waals surface area (Å²) >= 11 is 1.79. The Balaban J connectivity index is 1.88. The summed E-state index contributed by atoms with van der Waals surface area (Å²) in [6.45, 7) is 8.79. The summed E-state index contributed by atoms with van der Waals surface area (Å²) < 4.78 is 0. The van der Waals surface area contributed by atoms with Crippen molar-refractivity contribution in [2.75, 3.05) is 6.54 Å². The zero-order chi connectivity index (χ0) is 12.5. The fraction of sp³-hybridized carbons (Fsp3) is 0.786. The van der Waals surface area contributed by atoms with Crippen LogP contribution >= 0.6 is 11.3 Å². The number of unbranched alkanes of at least 4 members (excludes halogenated alkanes) is 3. The van der Waals surface area contributed by atoms with Crippen LogP contribution in [0.5, 0.6) is 0 Å². The fourth-order valence-corrected chi connectivity index (χ4v) is 2.62. The molecular formula is C14H26N2S. The van der Waals surface area contributed by atoms with Crippen LogP contribution in [-0.2, 0) is 6.54 Å². The van der Waals surface area contributed by atoms with E-state index in [4.69, 9.17) is 0 Å². The highest BCUT2D eigenvalue weighted by Gasteiger charge is 1.97.